The first-order valence-corrected chi connectivity index (χ1v) is 13.2. The Morgan fingerprint density at radius 2 is 1.70 bits per heavy atom. The molecule has 0 saturated carbocycles. The number of azo groups is 1. The predicted molar refractivity (Wildman–Crippen MR) is 160 cm³/mol. The number of fused-ring (bicyclic) bond motifs is 1. The van der Waals surface area contributed by atoms with Crippen LogP contribution in [0.1, 0.15) is 29.8 Å². The van der Waals surface area contributed by atoms with E-state index in [0.29, 0.717) is 17.5 Å². The zero-order chi connectivity index (χ0) is 28.6. The summed E-state index contributed by atoms with van der Waals surface area (Å²) >= 11 is 6.21. The Hall–Kier alpha value is -4.69. The fourth-order valence-corrected chi connectivity index (χ4v) is 4.58. The van der Waals surface area contributed by atoms with Crippen molar-refractivity contribution in [3.05, 3.63) is 107 Å². The van der Waals surface area contributed by atoms with E-state index in [9.17, 15) is 14.7 Å². The molecule has 0 unspecified atom stereocenters. The molecule has 2 N–H and O–H groups in total. The van der Waals surface area contributed by atoms with Gasteiger partial charge in [0.25, 0.3) is 5.91 Å². The standard InChI is InChI=1S/C31H30ClN5O3/c1-4-19-37-27-14-10-8-12-24(27)28(31(37)40)34-35-30(39)26(33-29(38)23-11-7-9-13-25(23)32)20-21-15-17-22(18-16-21)36(5-2)6-3/h4,7-18,20,40H,1,5-6,19H2,2-3H3,(H,33,38)/b26-20-,35-34?. The minimum Gasteiger partial charge on any atom is -0.493 e. The van der Waals surface area contributed by atoms with Gasteiger partial charge in [0, 0.05) is 30.7 Å². The zero-order valence-corrected chi connectivity index (χ0v) is 23.1. The van der Waals surface area contributed by atoms with E-state index in [-0.39, 0.29) is 27.9 Å². The number of hydrogen-bond donors (Lipinski definition) is 2. The quantitative estimate of drug-likeness (QED) is 0.124. The van der Waals surface area contributed by atoms with Gasteiger partial charge in [-0.05, 0) is 55.8 Å². The van der Waals surface area contributed by atoms with Crippen LogP contribution < -0.4 is 10.2 Å². The van der Waals surface area contributed by atoms with Crippen molar-refractivity contribution in [1.82, 2.24) is 9.88 Å². The van der Waals surface area contributed by atoms with E-state index in [2.05, 4.69) is 40.9 Å². The molecule has 4 aromatic rings. The lowest BCUT2D eigenvalue weighted by molar-refractivity contribution is -0.115. The van der Waals surface area contributed by atoms with Gasteiger partial charge in [0.1, 0.15) is 5.70 Å². The third-order valence-electron chi connectivity index (χ3n) is 6.40. The molecule has 0 bridgehead atoms. The van der Waals surface area contributed by atoms with Crippen molar-refractivity contribution in [3.63, 3.8) is 0 Å². The summed E-state index contributed by atoms with van der Waals surface area (Å²) in [6.45, 7) is 9.96. The number of nitrogens with zero attached hydrogens (tertiary/aromatic N) is 4. The minimum atomic E-state index is -0.798. The van der Waals surface area contributed by atoms with Crippen LogP contribution in [0.3, 0.4) is 0 Å². The number of carbonyl (C=O) groups excluding carboxylic acids is 2. The topological polar surface area (TPSA) is 99.3 Å². The van der Waals surface area contributed by atoms with Crippen molar-refractivity contribution in [2.45, 2.75) is 20.4 Å². The highest BCUT2D eigenvalue weighted by molar-refractivity contribution is 6.34. The Bertz CT molecular complexity index is 1600. The summed E-state index contributed by atoms with van der Waals surface area (Å²) in [7, 11) is 0. The molecule has 9 heteroatoms. The molecule has 204 valence electrons. The molecular weight excluding hydrogens is 526 g/mol. The molecule has 0 aliphatic heterocycles. The number of rotatable bonds is 10. The number of benzene rings is 3. The predicted octanol–water partition coefficient (Wildman–Crippen LogP) is 7.11. The van der Waals surface area contributed by atoms with E-state index in [1.165, 1.54) is 6.08 Å². The van der Waals surface area contributed by atoms with Gasteiger partial charge in [0.15, 0.2) is 5.69 Å². The lowest BCUT2D eigenvalue weighted by Crippen LogP contribution is -2.26. The fraction of sp³-hybridized carbons (Fsp3) is 0.161. The highest BCUT2D eigenvalue weighted by Gasteiger charge is 2.19. The Kier molecular flexibility index (Phi) is 9.14. The highest BCUT2D eigenvalue weighted by Crippen LogP contribution is 2.38. The van der Waals surface area contributed by atoms with Crippen molar-refractivity contribution >= 4 is 51.8 Å². The molecule has 0 spiro atoms. The molecule has 0 atom stereocenters. The van der Waals surface area contributed by atoms with E-state index < -0.39 is 11.8 Å². The Labute approximate surface area is 237 Å². The van der Waals surface area contributed by atoms with Crippen LogP contribution in [0.25, 0.3) is 17.0 Å². The normalized spacial score (nSPS) is 11.6. The van der Waals surface area contributed by atoms with Crippen LogP contribution in [-0.4, -0.2) is 34.6 Å². The number of carbonyl (C=O) groups is 2. The first-order chi connectivity index (χ1) is 19.4. The van der Waals surface area contributed by atoms with Crippen LogP contribution in [0.5, 0.6) is 5.88 Å². The van der Waals surface area contributed by atoms with Crippen molar-refractivity contribution in [3.8, 4) is 5.88 Å². The van der Waals surface area contributed by atoms with Gasteiger partial charge in [0.05, 0.1) is 16.1 Å². The summed E-state index contributed by atoms with van der Waals surface area (Å²) in [5, 5.41) is 22.3. The zero-order valence-electron chi connectivity index (χ0n) is 22.3. The van der Waals surface area contributed by atoms with Gasteiger partial charge in [-0.15, -0.1) is 16.8 Å². The average Bonchev–Trinajstić information content (AvgIpc) is 3.23. The summed E-state index contributed by atoms with van der Waals surface area (Å²) in [5.74, 6) is -1.51. The van der Waals surface area contributed by atoms with Gasteiger partial charge < -0.3 is 19.9 Å². The number of halogens is 1. The number of aromatic hydroxyl groups is 1. The number of anilines is 1. The molecule has 0 aliphatic carbocycles. The molecule has 1 aromatic heterocycles. The van der Waals surface area contributed by atoms with Crippen LogP contribution in [0, 0.1) is 0 Å². The fourth-order valence-electron chi connectivity index (χ4n) is 4.36. The van der Waals surface area contributed by atoms with Crippen molar-refractivity contribution in [2.24, 2.45) is 10.2 Å². The number of aromatic nitrogens is 1. The maximum Gasteiger partial charge on any atom is 0.311 e. The first kappa shape index (κ1) is 28.3. The van der Waals surface area contributed by atoms with Crippen molar-refractivity contribution in [1.29, 1.82) is 0 Å². The van der Waals surface area contributed by atoms with Gasteiger partial charge in [-0.25, -0.2) is 0 Å². The molecule has 0 fully saturated rings. The molecule has 0 aliphatic rings. The summed E-state index contributed by atoms with van der Waals surface area (Å²) in [5.41, 5.74) is 2.70. The number of nitrogens with one attached hydrogen (secondary N) is 1. The van der Waals surface area contributed by atoms with Crippen LogP contribution in [0.4, 0.5) is 11.4 Å². The maximum atomic E-state index is 13.3. The Morgan fingerprint density at radius 1 is 1.02 bits per heavy atom. The molecule has 0 radical (unpaired) electrons. The SMILES string of the molecule is C=CCn1c(O)c(N=NC(=O)/C(=C/c2ccc(N(CC)CC)cc2)NC(=O)c2ccccc2Cl)c2ccccc21. The molecule has 1 heterocycles. The second-order valence-corrected chi connectivity index (χ2v) is 9.26. The van der Waals surface area contributed by atoms with Crippen LogP contribution in [0.15, 0.2) is 101 Å². The molecular formula is C31H30ClN5O3. The number of hydrogen-bond acceptors (Lipinski definition) is 5. The van der Waals surface area contributed by atoms with Gasteiger partial charge in [-0.1, -0.05) is 60.1 Å². The number of para-hydroxylation sites is 1. The monoisotopic (exact) mass is 555 g/mol. The summed E-state index contributed by atoms with van der Waals surface area (Å²) in [4.78, 5) is 28.6. The number of amides is 2. The second kappa shape index (κ2) is 12.9. The van der Waals surface area contributed by atoms with E-state index in [4.69, 9.17) is 11.6 Å². The van der Waals surface area contributed by atoms with Crippen LogP contribution >= 0.6 is 11.6 Å². The van der Waals surface area contributed by atoms with Gasteiger partial charge in [-0.2, -0.15) is 0 Å². The molecule has 8 nitrogen and oxygen atoms in total. The summed E-state index contributed by atoms with van der Waals surface area (Å²) in [6, 6.07) is 21.4. The number of allylic oxidation sites excluding steroid dienone is 1. The van der Waals surface area contributed by atoms with E-state index in [1.54, 1.807) is 47.0 Å². The Morgan fingerprint density at radius 3 is 2.38 bits per heavy atom. The molecule has 0 saturated heterocycles. The molecule has 40 heavy (non-hydrogen) atoms. The van der Waals surface area contributed by atoms with Gasteiger partial charge in [-0.3, -0.25) is 9.59 Å². The smallest absolute Gasteiger partial charge is 0.311 e. The molecule has 2 amide bonds. The van der Waals surface area contributed by atoms with E-state index in [0.717, 1.165) is 24.3 Å². The van der Waals surface area contributed by atoms with Crippen LogP contribution in [0.2, 0.25) is 5.02 Å². The average molecular weight is 556 g/mol. The first-order valence-electron chi connectivity index (χ1n) is 12.9. The van der Waals surface area contributed by atoms with Crippen LogP contribution in [-0.2, 0) is 11.3 Å². The van der Waals surface area contributed by atoms with Gasteiger partial charge in [0.2, 0.25) is 5.88 Å². The summed E-state index contributed by atoms with van der Waals surface area (Å²) in [6.07, 6.45) is 3.18. The van der Waals surface area contributed by atoms with E-state index in [1.807, 2.05) is 36.4 Å². The van der Waals surface area contributed by atoms with Crippen molar-refractivity contribution in [2.75, 3.05) is 18.0 Å². The lowest BCUT2D eigenvalue weighted by Gasteiger charge is -2.20. The minimum absolute atomic E-state index is 0.0985. The van der Waals surface area contributed by atoms with Crippen molar-refractivity contribution < 1.29 is 14.7 Å². The summed E-state index contributed by atoms with van der Waals surface area (Å²) < 4.78 is 1.62. The van der Waals surface area contributed by atoms with Gasteiger partial charge >= 0.3 is 5.91 Å². The highest BCUT2D eigenvalue weighted by atomic mass is 35.5. The van der Waals surface area contributed by atoms with E-state index >= 15 is 0 Å². The largest absolute Gasteiger partial charge is 0.493 e. The second-order valence-electron chi connectivity index (χ2n) is 8.85. The lowest BCUT2D eigenvalue weighted by atomic mass is 10.1. The third kappa shape index (κ3) is 6.13. The maximum absolute atomic E-state index is 13.3. The molecule has 3 aromatic carbocycles. The molecule has 4 rings (SSSR count). The third-order valence-corrected chi connectivity index (χ3v) is 6.73. The Balaban J connectivity index is 1.71.